The fourth-order valence-electron chi connectivity index (χ4n) is 1.91. The van der Waals surface area contributed by atoms with Gasteiger partial charge in [0.15, 0.2) is 0 Å². The third-order valence-corrected chi connectivity index (χ3v) is 3.69. The molecule has 1 heterocycles. The molecule has 1 aromatic carbocycles. The highest BCUT2D eigenvalue weighted by molar-refractivity contribution is 9.10. The van der Waals surface area contributed by atoms with E-state index in [9.17, 15) is 4.79 Å². The van der Waals surface area contributed by atoms with Crippen LogP contribution in [0.3, 0.4) is 0 Å². The minimum Gasteiger partial charge on any atom is -0.376 e. The number of nitrogens with zero attached hydrogens (tertiary/aromatic N) is 2. The number of hydrogen-bond donors (Lipinski definition) is 1. The molecular weight excluding hydrogens is 330 g/mol. The summed E-state index contributed by atoms with van der Waals surface area (Å²) in [5, 5.41) is 2.95. The van der Waals surface area contributed by atoms with Gasteiger partial charge in [-0.1, -0.05) is 28.1 Å². The molecule has 1 aromatic heterocycles. The van der Waals surface area contributed by atoms with Crippen molar-refractivity contribution in [2.45, 2.75) is 13.0 Å². The molecule has 0 aliphatic heterocycles. The van der Waals surface area contributed by atoms with Gasteiger partial charge in [-0.2, -0.15) is 0 Å². The third-order valence-electron chi connectivity index (χ3n) is 3.19. The summed E-state index contributed by atoms with van der Waals surface area (Å²) in [6.07, 6.45) is 1.69. The first-order valence-corrected chi connectivity index (χ1v) is 7.46. The quantitative estimate of drug-likeness (QED) is 0.921. The highest BCUT2D eigenvalue weighted by Crippen LogP contribution is 2.18. The zero-order valence-electron chi connectivity index (χ0n) is 12.3. The van der Waals surface area contributed by atoms with Crippen molar-refractivity contribution in [2.75, 3.05) is 19.0 Å². The first-order chi connectivity index (χ1) is 9.97. The SMILES string of the molecule is C[C@H](NC(=O)c1ccc(N(C)C)cn1)c1cccc(Br)c1. The highest BCUT2D eigenvalue weighted by Gasteiger charge is 2.12. The summed E-state index contributed by atoms with van der Waals surface area (Å²) in [7, 11) is 3.87. The lowest BCUT2D eigenvalue weighted by Crippen LogP contribution is -2.27. The average molecular weight is 348 g/mol. The summed E-state index contributed by atoms with van der Waals surface area (Å²) < 4.78 is 0.995. The maximum Gasteiger partial charge on any atom is 0.270 e. The van der Waals surface area contributed by atoms with Crippen molar-refractivity contribution < 1.29 is 4.79 Å². The molecule has 0 unspecified atom stereocenters. The summed E-state index contributed by atoms with van der Waals surface area (Å²) in [5.41, 5.74) is 2.43. The lowest BCUT2D eigenvalue weighted by molar-refractivity contribution is 0.0935. The van der Waals surface area contributed by atoms with Gasteiger partial charge in [0.25, 0.3) is 5.91 Å². The zero-order valence-corrected chi connectivity index (χ0v) is 13.9. The monoisotopic (exact) mass is 347 g/mol. The standard InChI is InChI=1S/C16H18BrN3O/c1-11(12-5-4-6-13(17)9-12)19-16(21)15-8-7-14(10-18-15)20(2)3/h4-11H,1-3H3,(H,19,21)/t11-/m0/s1. The van der Waals surface area contributed by atoms with Gasteiger partial charge < -0.3 is 10.2 Å². The minimum atomic E-state index is -0.173. The lowest BCUT2D eigenvalue weighted by atomic mass is 10.1. The summed E-state index contributed by atoms with van der Waals surface area (Å²) in [6.45, 7) is 1.95. The normalized spacial score (nSPS) is 11.8. The van der Waals surface area contributed by atoms with Crippen LogP contribution in [0.25, 0.3) is 0 Å². The number of rotatable bonds is 4. The molecule has 0 radical (unpaired) electrons. The first kappa shape index (κ1) is 15.5. The van der Waals surface area contributed by atoms with Gasteiger partial charge in [-0.15, -0.1) is 0 Å². The predicted molar refractivity (Wildman–Crippen MR) is 88.6 cm³/mol. The van der Waals surface area contributed by atoms with Crippen LogP contribution in [-0.2, 0) is 0 Å². The van der Waals surface area contributed by atoms with E-state index in [0.717, 1.165) is 15.7 Å². The van der Waals surface area contributed by atoms with E-state index in [2.05, 4.69) is 26.2 Å². The van der Waals surface area contributed by atoms with Crippen molar-refractivity contribution in [1.82, 2.24) is 10.3 Å². The van der Waals surface area contributed by atoms with Crippen molar-refractivity contribution >= 4 is 27.5 Å². The van der Waals surface area contributed by atoms with Crippen molar-refractivity contribution in [2.24, 2.45) is 0 Å². The minimum absolute atomic E-state index is 0.0784. The van der Waals surface area contributed by atoms with Crippen LogP contribution < -0.4 is 10.2 Å². The summed E-state index contributed by atoms with van der Waals surface area (Å²) >= 11 is 3.43. The molecule has 0 aliphatic rings. The van der Waals surface area contributed by atoms with Crippen molar-refractivity contribution in [1.29, 1.82) is 0 Å². The number of anilines is 1. The molecule has 1 atom stereocenters. The Labute approximate surface area is 133 Å². The van der Waals surface area contributed by atoms with Crippen LogP contribution in [0.15, 0.2) is 47.1 Å². The van der Waals surface area contributed by atoms with Gasteiger partial charge in [-0.3, -0.25) is 4.79 Å². The Bertz CT molecular complexity index is 626. The molecule has 2 rings (SSSR count). The van der Waals surface area contributed by atoms with Gasteiger partial charge in [0.05, 0.1) is 17.9 Å². The molecular formula is C16H18BrN3O. The van der Waals surface area contributed by atoms with Crippen molar-refractivity contribution in [3.63, 3.8) is 0 Å². The maximum absolute atomic E-state index is 12.2. The van der Waals surface area contributed by atoms with Crippen LogP contribution in [0.2, 0.25) is 0 Å². The molecule has 2 aromatic rings. The number of nitrogens with one attached hydrogen (secondary N) is 1. The Kier molecular flexibility index (Phi) is 4.96. The summed E-state index contributed by atoms with van der Waals surface area (Å²) in [5.74, 6) is -0.173. The molecule has 0 bridgehead atoms. The number of pyridine rings is 1. The Balaban J connectivity index is 2.07. The maximum atomic E-state index is 12.2. The van der Waals surface area contributed by atoms with Crippen molar-refractivity contribution in [3.8, 4) is 0 Å². The van der Waals surface area contributed by atoms with E-state index in [0.29, 0.717) is 5.69 Å². The molecule has 21 heavy (non-hydrogen) atoms. The van der Waals surface area contributed by atoms with Gasteiger partial charge in [0, 0.05) is 18.6 Å². The van der Waals surface area contributed by atoms with Crippen LogP contribution in [-0.4, -0.2) is 25.0 Å². The average Bonchev–Trinajstić information content (AvgIpc) is 2.47. The van der Waals surface area contributed by atoms with Crippen LogP contribution in [0, 0.1) is 0 Å². The fraction of sp³-hybridized carbons (Fsp3) is 0.250. The molecule has 1 N–H and O–H groups in total. The fourth-order valence-corrected chi connectivity index (χ4v) is 2.33. The first-order valence-electron chi connectivity index (χ1n) is 6.67. The van der Waals surface area contributed by atoms with Crippen LogP contribution >= 0.6 is 15.9 Å². The zero-order chi connectivity index (χ0) is 15.4. The second-order valence-corrected chi connectivity index (χ2v) is 5.96. The highest BCUT2D eigenvalue weighted by atomic mass is 79.9. The second-order valence-electron chi connectivity index (χ2n) is 5.05. The van der Waals surface area contributed by atoms with Crippen molar-refractivity contribution in [3.05, 3.63) is 58.3 Å². The molecule has 5 heteroatoms. The number of carbonyl (C=O) groups excluding carboxylic acids is 1. The molecule has 0 fully saturated rings. The van der Waals surface area contributed by atoms with E-state index >= 15 is 0 Å². The number of halogens is 1. The smallest absolute Gasteiger partial charge is 0.270 e. The van der Waals surface area contributed by atoms with E-state index in [4.69, 9.17) is 0 Å². The van der Waals surface area contributed by atoms with Crippen LogP contribution in [0.5, 0.6) is 0 Å². The predicted octanol–water partition coefficient (Wildman–Crippen LogP) is 3.40. The third kappa shape index (κ3) is 4.04. The molecule has 0 aliphatic carbocycles. The molecule has 0 saturated heterocycles. The number of carbonyl (C=O) groups is 1. The number of aromatic nitrogens is 1. The summed E-state index contributed by atoms with van der Waals surface area (Å²) in [4.78, 5) is 18.3. The van der Waals surface area contributed by atoms with Gasteiger partial charge in [-0.25, -0.2) is 4.98 Å². The number of benzene rings is 1. The Hall–Kier alpha value is -1.88. The summed E-state index contributed by atoms with van der Waals surface area (Å²) in [6, 6.07) is 11.4. The van der Waals surface area contributed by atoms with Gasteiger partial charge in [0.2, 0.25) is 0 Å². The van der Waals surface area contributed by atoms with Crippen LogP contribution in [0.1, 0.15) is 29.0 Å². The van der Waals surface area contributed by atoms with E-state index in [-0.39, 0.29) is 11.9 Å². The van der Waals surface area contributed by atoms with Gasteiger partial charge in [0.1, 0.15) is 5.69 Å². The van der Waals surface area contributed by atoms with E-state index in [1.165, 1.54) is 0 Å². The molecule has 1 amide bonds. The lowest BCUT2D eigenvalue weighted by Gasteiger charge is -2.15. The van der Waals surface area contributed by atoms with E-state index in [1.54, 1.807) is 12.3 Å². The molecule has 110 valence electrons. The number of hydrogen-bond acceptors (Lipinski definition) is 3. The Morgan fingerprint density at radius 2 is 2.05 bits per heavy atom. The topological polar surface area (TPSA) is 45.2 Å². The Morgan fingerprint density at radius 1 is 1.29 bits per heavy atom. The molecule has 4 nitrogen and oxygen atoms in total. The number of amides is 1. The second kappa shape index (κ2) is 6.72. The van der Waals surface area contributed by atoms with E-state index < -0.39 is 0 Å². The van der Waals surface area contributed by atoms with Crippen LogP contribution in [0.4, 0.5) is 5.69 Å². The largest absolute Gasteiger partial charge is 0.376 e. The molecule has 0 saturated carbocycles. The Morgan fingerprint density at radius 3 is 2.62 bits per heavy atom. The van der Waals surface area contributed by atoms with Gasteiger partial charge in [-0.05, 0) is 36.8 Å². The van der Waals surface area contributed by atoms with E-state index in [1.807, 2.05) is 56.3 Å². The van der Waals surface area contributed by atoms with Gasteiger partial charge >= 0.3 is 0 Å². The molecule has 0 spiro atoms.